The third-order valence-electron chi connectivity index (χ3n) is 6.36. The summed E-state index contributed by atoms with van der Waals surface area (Å²) in [6, 6.07) is 0. The van der Waals surface area contributed by atoms with E-state index in [1.165, 1.54) is 19.3 Å². The van der Waals surface area contributed by atoms with Crippen molar-refractivity contribution in [1.82, 2.24) is 5.32 Å². The number of Topliss-reactive ketones (excluding diaryl/α,β-unsaturated/α-hetero) is 1. The van der Waals surface area contributed by atoms with Gasteiger partial charge in [-0.2, -0.15) is 0 Å². The van der Waals surface area contributed by atoms with Gasteiger partial charge >= 0.3 is 0 Å². The van der Waals surface area contributed by atoms with Crippen LogP contribution in [0.2, 0.25) is 0 Å². The number of ketones is 1. The van der Waals surface area contributed by atoms with Gasteiger partial charge in [-0.15, -0.1) is 0 Å². The Balaban J connectivity index is 1.48. The summed E-state index contributed by atoms with van der Waals surface area (Å²) < 4.78 is 0. The molecule has 0 aromatic heterocycles. The van der Waals surface area contributed by atoms with E-state index in [-0.39, 0.29) is 23.3 Å². The van der Waals surface area contributed by atoms with E-state index < -0.39 is 0 Å². The minimum atomic E-state index is -0.0149. The summed E-state index contributed by atoms with van der Waals surface area (Å²) in [4.78, 5) is 24.8. The minimum absolute atomic E-state index is 0.0149. The van der Waals surface area contributed by atoms with Crippen LogP contribution in [0.4, 0.5) is 0 Å². The fourth-order valence-electron chi connectivity index (χ4n) is 5.63. The van der Waals surface area contributed by atoms with Crippen LogP contribution in [0.25, 0.3) is 0 Å². The van der Waals surface area contributed by atoms with Crippen LogP contribution in [0, 0.1) is 23.7 Å². The molecular weight excluding hydrogens is 250 g/mol. The van der Waals surface area contributed by atoms with E-state index in [1.807, 2.05) is 0 Å². The number of carbonyl (C=O) groups is 2. The van der Waals surface area contributed by atoms with E-state index in [2.05, 4.69) is 5.32 Å². The van der Waals surface area contributed by atoms with Crippen molar-refractivity contribution in [1.29, 1.82) is 0 Å². The molecule has 2 unspecified atom stereocenters. The summed E-state index contributed by atoms with van der Waals surface area (Å²) in [6.45, 7) is 0. The van der Waals surface area contributed by atoms with Gasteiger partial charge < -0.3 is 5.32 Å². The lowest BCUT2D eigenvalue weighted by Gasteiger charge is -2.56. The first-order valence-corrected chi connectivity index (χ1v) is 8.51. The Labute approximate surface area is 120 Å². The molecule has 0 heterocycles. The van der Waals surface area contributed by atoms with E-state index in [1.54, 1.807) is 0 Å². The zero-order valence-electron chi connectivity index (χ0n) is 12.2. The van der Waals surface area contributed by atoms with Crippen molar-refractivity contribution in [2.75, 3.05) is 0 Å². The lowest BCUT2D eigenvalue weighted by molar-refractivity contribution is -0.147. The lowest BCUT2D eigenvalue weighted by atomic mass is 9.52. The van der Waals surface area contributed by atoms with E-state index >= 15 is 0 Å². The number of carbonyl (C=O) groups excluding carboxylic acids is 2. The molecular formula is C17H25NO2. The van der Waals surface area contributed by atoms with Crippen LogP contribution in [-0.4, -0.2) is 17.2 Å². The van der Waals surface area contributed by atoms with Gasteiger partial charge in [-0.05, 0) is 50.9 Å². The van der Waals surface area contributed by atoms with Crippen LogP contribution in [0.5, 0.6) is 0 Å². The van der Waals surface area contributed by atoms with E-state index in [4.69, 9.17) is 0 Å². The summed E-state index contributed by atoms with van der Waals surface area (Å²) in [6.07, 6.45) is 11.0. The Morgan fingerprint density at radius 1 is 1.00 bits per heavy atom. The highest BCUT2D eigenvalue weighted by Gasteiger charge is 2.55. The molecule has 0 saturated heterocycles. The van der Waals surface area contributed by atoms with Gasteiger partial charge in [0.1, 0.15) is 5.78 Å². The first-order valence-electron chi connectivity index (χ1n) is 8.51. The van der Waals surface area contributed by atoms with Crippen LogP contribution in [0.15, 0.2) is 0 Å². The van der Waals surface area contributed by atoms with Gasteiger partial charge in [0.25, 0.3) is 0 Å². The van der Waals surface area contributed by atoms with Crippen molar-refractivity contribution in [2.45, 2.75) is 69.7 Å². The molecule has 0 radical (unpaired) electrons. The quantitative estimate of drug-likeness (QED) is 0.842. The highest BCUT2D eigenvalue weighted by molar-refractivity contribution is 5.87. The Kier molecular flexibility index (Phi) is 2.94. The molecule has 0 aromatic carbocycles. The zero-order chi connectivity index (χ0) is 13.7. The molecule has 0 aromatic rings. The molecule has 1 N–H and O–H groups in total. The SMILES string of the molecule is O=C(NC12CC3CC(C1)C(=O)C(C3)C2)C1CCCCC1. The number of rotatable bonds is 2. The maximum absolute atomic E-state index is 12.6. The highest BCUT2D eigenvalue weighted by Crippen LogP contribution is 2.54. The topological polar surface area (TPSA) is 46.2 Å². The van der Waals surface area contributed by atoms with Crippen molar-refractivity contribution in [3.63, 3.8) is 0 Å². The van der Waals surface area contributed by atoms with E-state index in [0.717, 1.165) is 44.9 Å². The van der Waals surface area contributed by atoms with Gasteiger partial charge in [-0.3, -0.25) is 9.59 Å². The Morgan fingerprint density at radius 3 is 2.30 bits per heavy atom. The number of hydrogen-bond acceptors (Lipinski definition) is 2. The van der Waals surface area contributed by atoms with Gasteiger partial charge in [0.2, 0.25) is 5.91 Å². The van der Waals surface area contributed by atoms with Gasteiger partial charge in [0.05, 0.1) is 0 Å². The first-order chi connectivity index (χ1) is 9.65. The third-order valence-corrected chi connectivity index (χ3v) is 6.36. The van der Waals surface area contributed by atoms with Crippen molar-refractivity contribution >= 4 is 11.7 Å². The molecule has 0 aliphatic heterocycles. The molecule has 20 heavy (non-hydrogen) atoms. The molecule has 1 amide bonds. The van der Waals surface area contributed by atoms with Crippen LogP contribution in [0.1, 0.15) is 64.2 Å². The molecule has 3 heteroatoms. The molecule has 110 valence electrons. The standard InChI is InChI=1S/C17H25NO2/c19-15-13-6-11-7-14(15)10-17(8-11,9-13)18-16(20)12-4-2-1-3-5-12/h11-14H,1-10H2,(H,18,20). The largest absolute Gasteiger partial charge is 0.350 e. The Morgan fingerprint density at radius 2 is 1.65 bits per heavy atom. The monoisotopic (exact) mass is 275 g/mol. The second-order valence-corrected chi connectivity index (χ2v) is 7.85. The summed E-state index contributed by atoms with van der Waals surface area (Å²) in [5, 5.41) is 3.42. The smallest absolute Gasteiger partial charge is 0.223 e. The molecule has 5 aliphatic carbocycles. The molecule has 4 bridgehead atoms. The molecule has 5 saturated carbocycles. The van der Waals surface area contributed by atoms with Gasteiger partial charge in [-0.1, -0.05) is 19.3 Å². The summed E-state index contributed by atoms with van der Waals surface area (Å²) in [7, 11) is 0. The predicted molar refractivity (Wildman–Crippen MR) is 76.0 cm³/mol. The molecule has 0 spiro atoms. The normalized spacial score (nSPS) is 43.8. The summed E-state index contributed by atoms with van der Waals surface area (Å²) >= 11 is 0. The number of nitrogens with one attached hydrogen (secondary N) is 1. The predicted octanol–water partition coefficient (Wildman–Crippen LogP) is 2.83. The van der Waals surface area contributed by atoms with Gasteiger partial charge in [-0.25, -0.2) is 0 Å². The van der Waals surface area contributed by atoms with Crippen LogP contribution in [-0.2, 0) is 9.59 Å². The van der Waals surface area contributed by atoms with Crippen molar-refractivity contribution in [3.8, 4) is 0 Å². The second-order valence-electron chi connectivity index (χ2n) is 7.85. The van der Waals surface area contributed by atoms with Crippen molar-refractivity contribution in [2.24, 2.45) is 23.7 Å². The summed E-state index contributed by atoms with van der Waals surface area (Å²) in [5.41, 5.74) is -0.0149. The maximum atomic E-state index is 12.6. The van der Waals surface area contributed by atoms with Crippen LogP contribution >= 0.6 is 0 Å². The summed E-state index contributed by atoms with van der Waals surface area (Å²) in [5.74, 6) is 2.24. The van der Waals surface area contributed by atoms with E-state index in [0.29, 0.717) is 17.6 Å². The lowest BCUT2D eigenvalue weighted by Crippen LogP contribution is -2.63. The van der Waals surface area contributed by atoms with Crippen LogP contribution in [0.3, 0.4) is 0 Å². The molecule has 3 nitrogen and oxygen atoms in total. The van der Waals surface area contributed by atoms with Crippen molar-refractivity contribution in [3.05, 3.63) is 0 Å². The first kappa shape index (κ1) is 12.8. The number of hydrogen-bond donors (Lipinski definition) is 1. The fourth-order valence-corrected chi connectivity index (χ4v) is 5.63. The average Bonchev–Trinajstić information content (AvgIpc) is 2.44. The Hall–Kier alpha value is -0.860. The fraction of sp³-hybridized carbons (Fsp3) is 0.882. The zero-order valence-corrected chi connectivity index (χ0v) is 12.2. The minimum Gasteiger partial charge on any atom is -0.350 e. The van der Waals surface area contributed by atoms with Crippen molar-refractivity contribution < 1.29 is 9.59 Å². The number of amides is 1. The third kappa shape index (κ3) is 2.01. The average molecular weight is 275 g/mol. The van der Waals surface area contributed by atoms with Gasteiger partial charge in [0.15, 0.2) is 0 Å². The molecule has 5 fully saturated rings. The molecule has 2 atom stereocenters. The Bertz CT molecular complexity index is 420. The van der Waals surface area contributed by atoms with Gasteiger partial charge in [0, 0.05) is 23.3 Å². The molecule has 5 aliphatic rings. The maximum Gasteiger partial charge on any atom is 0.223 e. The second kappa shape index (κ2) is 4.57. The highest BCUT2D eigenvalue weighted by atomic mass is 16.2. The van der Waals surface area contributed by atoms with Crippen LogP contribution < -0.4 is 5.32 Å². The molecule has 5 rings (SSSR count). The van der Waals surface area contributed by atoms with E-state index in [9.17, 15) is 9.59 Å².